The van der Waals surface area contributed by atoms with Gasteiger partial charge in [-0.15, -0.1) is 11.8 Å². The molecule has 0 aliphatic carbocycles. The molecule has 3 N–H and O–H groups in total. The summed E-state index contributed by atoms with van der Waals surface area (Å²) in [4.78, 5) is 52.8. The van der Waals surface area contributed by atoms with E-state index in [1.54, 1.807) is 18.2 Å². The van der Waals surface area contributed by atoms with Crippen LogP contribution in [0.15, 0.2) is 53.4 Å². The average molecular weight is 487 g/mol. The predicted octanol–water partition coefficient (Wildman–Crippen LogP) is 2.03. The number of anilines is 1. The quantitative estimate of drug-likeness (QED) is 0.599. The number of likely N-dealkylation sites (N-methyl/N-ethyl adjacent to an activating group) is 1. The highest BCUT2D eigenvalue weighted by molar-refractivity contribution is 7.99. The minimum Gasteiger partial charge on any atom is -0.358 e. The van der Waals surface area contributed by atoms with E-state index in [0.29, 0.717) is 17.1 Å². The number of carbonyl (C=O) groups is 4. The number of benzene rings is 2. The molecule has 1 fully saturated rings. The molecule has 3 atom stereocenters. The summed E-state index contributed by atoms with van der Waals surface area (Å²) in [7, 11) is 1.50. The molecule has 8 nitrogen and oxygen atoms in total. The lowest BCUT2D eigenvalue weighted by Gasteiger charge is -2.29. The van der Waals surface area contributed by atoms with Crippen molar-refractivity contribution >= 4 is 52.7 Å². The maximum Gasteiger partial charge on any atom is 0.251 e. The molecule has 0 radical (unpaired) electrons. The number of fused-ring (bicyclic) bond motifs is 1. The van der Waals surface area contributed by atoms with Crippen molar-refractivity contribution in [3.63, 3.8) is 0 Å². The Morgan fingerprint density at radius 3 is 2.61 bits per heavy atom. The van der Waals surface area contributed by atoms with Gasteiger partial charge in [0.15, 0.2) is 0 Å². The van der Waals surface area contributed by atoms with Gasteiger partial charge in [-0.1, -0.05) is 41.9 Å². The van der Waals surface area contributed by atoms with Crippen molar-refractivity contribution in [2.75, 3.05) is 18.5 Å². The zero-order valence-corrected chi connectivity index (χ0v) is 19.4. The number of hydrogen-bond donors (Lipinski definition) is 3. The van der Waals surface area contributed by atoms with Gasteiger partial charge >= 0.3 is 0 Å². The number of nitrogens with zero attached hydrogens (tertiary/aromatic N) is 1. The van der Waals surface area contributed by atoms with Crippen LogP contribution in [0, 0.1) is 0 Å². The fraction of sp³-hybridized carbons (Fsp3) is 0.304. The third-order valence-corrected chi connectivity index (χ3v) is 7.23. The van der Waals surface area contributed by atoms with E-state index in [2.05, 4.69) is 16.0 Å². The van der Waals surface area contributed by atoms with Crippen molar-refractivity contribution in [2.24, 2.45) is 0 Å². The zero-order chi connectivity index (χ0) is 23.5. The van der Waals surface area contributed by atoms with Crippen LogP contribution in [0.25, 0.3) is 0 Å². The van der Waals surface area contributed by atoms with E-state index in [9.17, 15) is 19.2 Å². The van der Waals surface area contributed by atoms with Gasteiger partial charge in [-0.2, -0.15) is 0 Å². The van der Waals surface area contributed by atoms with Crippen molar-refractivity contribution < 1.29 is 19.2 Å². The monoisotopic (exact) mass is 486 g/mol. The average Bonchev–Trinajstić information content (AvgIpc) is 3.22. The van der Waals surface area contributed by atoms with Crippen LogP contribution in [0.1, 0.15) is 23.7 Å². The molecule has 33 heavy (non-hydrogen) atoms. The van der Waals surface area contributed by atoms with E-state index >= 15 is 0 Å². The lowest BCUT2D eigenvalue weighted by molar-refractivity contribution is -0.130. The second-order valence-electron chi connectivity index (χ2n) is 7.80. The van der Waals surface area contributed by atoms with E-state index in [1.165, 1.54) is 23.7 Å². The van der Waals surface area contributed by atoms with Crippen LogP contribution in [0.4, 0.5) is 5.69 Å². The highest BCUT2D eigenvalue weighted by Crippen LogP contribution is 2.46. The van der Waals surface area contributed by atoms with E-state index < -0.39 is 29.1 Å². The number of amides is 4. The molecule has 2 aliphatic heterocycles. The van der Waals surface area contributed by atoms with Crippen LogP contribution < -0.4 is 20.9 Å². The fourth-order valence-corrected chi connectivity index (χ4v) is 5.54. The molecule has 2 aromatic carbocycles. The van der Waals surface area contributed by atoms with Gasteiger partial charge in [0, 0.05) is 23.4 Å². The molecule has 2 aromatic rings. The first-order valence-corrected chi connectivity index (χ1v) is 11.8. The molecular weight excluding hydrogens is 464 g/mol. The Bertz CT molecular complexity index is 1100. The topological polar surface area (TPSA) is 108 Å². The Morgan fingerprint density at radius 2 is 1.94 bits per heavy atom. The highest BCUT2D eigenvalue weighted by atomic mass is 35.5. The summed E-state index contributed by atoms with van der Waals surface area (Å²) in [5.74, 6) is -1.39. The number of carbonyl (C=O) groups excluding carboxylic acids is 4. The van der Waals surface area contributed by atoms with Crippen molar-refractivity contribution in [3.05, 3.63) is 59.1 Å². The smallest absolute Gasteiger partial charge is 0.251 e. The lowest BCUT2D eigenvalue weighted by atomic mass is 10.0. The summed E-state index contributed by atoms with van der Waals surface area (Å²) in [5.41, 5.74) is 1.38. The molecule has 2 heterocycles. The molecule has 0 spiro atoms. The summed E-state index contributed by atoms with van der Waals surface area (Å²) in [6.07, 6.45) is 0.632. The van der Waals surface area contributed by atoms with Crippen LogP contribution in [0.5, 0.6) is 0 Å². The number of nitrogens with one attached hydrogen (secondary N) is 3. The van der Waals surface area contributed by atoms with Gasteiger partial charge in [-0.05, 0) is 30.2 Å². The molecule has 4 rings (SSSR count). The Labute approximate surface area is 200 Å². The van der Waals surface area contributed by atoms with Crippen LogP contribution in [0.3, 0.4) is 0 Å². The number of thioether (sulfide) groups is 1. The minimum atomic E-state index is -0.974. The largest absolute Gasteiger partial charge is 0.358 e. The van der Waals surface area contributed by atoms with E-state index in [0.717, 1.165) is 10.5 Å². The standard InChI is InChI=1S/C23H23ClN4O4S/c1-25-19(30)12-28-16-9-7-14(24)11-17(16)33-21(13-5-3-2-4-6-13)20(23(28)32)27-22(31)15-8-10-18(29)26-15/h2-7,9,11,15,20-21H,8,10,12H2,1H3,(H,25,30)(H,26,29)(H,27,31)/t15-,20+,21+/m0/s1. The first-order chi connectivity index (χ1) is 15.9. The van der Waals surface area contributed by atoms with Crippen LogP contribution >= 0.6 is 23.4 Å². The Hall–Kier alpha value is -3.04. The van der Waals surface area contributed by atoms with E-state index in [4.69, 9.17) is 11.6 Å². The molecule has 0 saturated carbocycles. The van der Waals surface area contributed by atoms with Crippen molar-refractivity contribution in [1.82, 2.24) is 16.0 Å². The molecule has 4 amide bonds. The summed E-state index contributed by atoms with van der Waals surface area (Å²) >= 11 is 7.66. The predicted molar refractivity (Wildman–Crippen MR) is 126 cm³/mol. The van der Waals surface area contributed by atoms with E-state index in [-0.39, 0.29) is 24.8 Å². The normalized spacial score (nSPS) is 22.2. The summed E-state index contributed by atoms with van der Waals surface area (Å²) in [6.45, 7) is -0.210. The second kappa shape index (κ2) is 9.84. The van der Waals surface area contributed by atoms with Crippen molar-refractivity contribution in [2.45, 2.75) is 35.1 Å². The van der Waals surface area contributed by atoms with Gasteiger partial charge in [0.25, 0.3) is 5.91 Å². The first-order valence-electron chi connectivity index (χ1n) is 10.5. The molecule has 0 aromatic heterocycles. The molecule has 0 bridgehead atoms. The van der Waals surface area contributed by atoms with Gasteiger partial charge in [0.05, 0.1) is 10.9 Å². The van der Waals surface area contributed by atoms with Crippen LogP contribution in [-0.4, -0.2) is 49.3 Å². The Kier molecular flexibility index (Phi) is 6.90. The second-order valence-corrected chi connectivity index (χ2v) is 9.42. The van der Waals surface area contributed by atoms with Crippen LogP contribution in [-0.2, 0) is 19.2 Å². The van der Waals surface area contributed by atoms with E-state index in [1.807, 2.05) is 30.3 Å². The summed E-state index contributed by atoms with van der Waals surface area (Å²) in [6, 6.07) is 12.8. The maximum absolute atomic E-state index is 13.8. The SMILES string of the molecule is CNC(=O)CN1C(=O)[C@H](NC(=O)[C@@H]2CCC(=O)N2)[C@@H](c2ccccc2)Sc2cc(Cl)ccc21. The molecule has 2 aliphatic rings. The Morgan fingerprint density at radius 1 is 1.18 bits per heavy atom. The summed E-state index contributed by atoms with van der Waals surface area (Å²) < 4.78 is 0. The van der Waals surface area contributed by atoms with Crippen LogP contribution in [0.2, 0.25) is 5.02 Å². The molecule has 172 valence electrons. The fourth-order valence-electron chi connectivity index (χ4n) is 3.92. The third-order valence-electron chi connectivity index (χ3n) is 5.62. The third kappa shape index (κ3) is 4.99. The van der Waals surface area contributed by atoms with Gasteiger partial charge in [-0.3, -0.25) is 19.2 Å². The van der Waals surface area contributed by atoms with Gasteiger partial charge in [0.1, 0.15) is 18.6 Å². The lowest BCUT2D eigenvalue weighted by Crippen LogP contribution is -2.55. The van der Waals surface area contributed by atoms with Gasteiger partial charge in [-0.25, -0.2) is 0 Å². The summed E-state index contributed by atoms with van der Waals surface area (Å²) in [5, 5.41) is 8.06. The first kappa shape index (κ1) is 23.1. The molecule has 1 saturated heterocycles. The zero-order valence-electron chi connectivity index (χ0n) is 17.8. The van der Waals surface area contributed by atoms with Crippen molar-refractivity contribution in [1.29, 1.82) is 0 Å². The molecule has 0 unspecified atom stereocenters. The number of halogens is 1. The van der Waals surface area contributed by atoms with Gasteiger partial charge in [0.2, 0.25) is 17.7 Å². The Balaban J connectivity index is 1.76. The number of hydrogen-bond acceptors (Lipinski definition) is 5. The maximum atomic E-state index is 13.8. The minimum absolute atomic E-state index is 0.195. The highest BCUT2D eigenvalue weighted by Gasteiger charge is 2.41. The van der Waals surface area contributed by atoms with Gasteiger partial charge < -0.3 is 20.9 Å². The number of rotatable bonds is 5. The molecular formula is C23H23ClN4O4S. The molecule has 10 heteroatoms. The van der Waals surface area contributed by atoms with Crippen molar-refractivity contribution in [3.8, 4) is 0 Å².